The van der Waals surface area contributed by atoms with Crippen LogP contribution in [0.5, 0.6) is 0 Å². The molecule has 5 heteroatoms. The van der Waals surface area contributed by atoms with E-state index in [0.29, 0.717) is 6.42 Å². The molecule has 2 fully saturated rings. The number of hydrogen-bond acceptors (Lipinski definition) is 3. The molecule has 0 aromatic carbocycles. The number of likely N-dealkylation sites (tertiary alicyclic amines) is 1. The number of aliphatic hydroxyl groups excluding tert-OH is 1. The van der Waals surface area contributed by atoms with Crippen molar-refractivity contribution in [3.63, 3.8) is 0 Å². The molecule has 1 unspecified atom stereocenters. The van der Waals surface area contributed by atoms with Crippen LogP contribution in [0.1, 0.15) is 57.8 Å². The molecule has 0 bridgehead atoms. The zero-order chi connectivity index (χ0) is 14.5. The van der Waals surface area contributed by atoms with Crippen LogP contribution in [0.25, 0.3) is 0 Å². The van der Waals surface area contributed by atoms with E-state index in [1.807, 2.05) is 0 Å². The molecule has 5 nitrogen and oxygen atoms in total. The summed E-state index contributed by atoms with van der Waals surface area (Å²) < 4.78 is 0. The fraction of sp³-hybridized carbons (Fsp3) is 0.867. The van der Waals surface area contributed by atoms with Gasteiger partial charge in [-0.15, -0.1) is 0 Å². The van der Waals surface area contributed by atoms with Crippen molar-refractivity contribution in [2.45, 2.75) is 69.9 Å². The van der Waals surface area contributed by atoms with Gasteiger partial charge >= 0.3 is 5.97 Å². The molecular weight excluding hydrogens is 258 g/mol. The molecule has 2 aliphatic rings. The first kappa shape index (κ1) is 15.3. The van der Waals surface area contributed by atoms with Gasteiger partial charge in [0, 0.05) is 19.4 Å². The van der Waals surface area contributed by atoms with Crippen LogP contribution in [-0.4, -0.2) is 45.7 Å². The van der Waals surface area contributed by atoms with Gasteiger partial charge in [0.25, 0.3) is 0 Å². The third-order valence-electron chi connectivity index (χ3n) is 4.61. The van der Waals surface area contributed by atoms with Crippen LogP contribution in [0.3, 0.4) is 0 Å². The number of hydrogen-bond donors (Lipinski definition) is 2. The number of rotatable bonds is 5. The first-order valence-corrected chi connectivity index (χ1v) is 7.78. The fourth-order valence-corrected chi connectivity index (χ4v) is 3.48. The number of carboxylic acid groups (broad SMARTS) is 1. The van der Waals surface area contributed by atoms with E-state index in [-0.39, 0.29) is 18.9 Å². The van der Waals surface area contributed by atoms with Gasteiger partial charge in [-0.2, -0.15) is 0 Å². The van der Waals surface area contributed by atoms with E-state index in [9.17, 15) is 14.7 Å². The first-order chi connectivity index (χ1) is 9.58. The Labute approximate surface area is 120 Å². The lowest BCUT2D eigenvalue weighted by atomic mass is 9.86. The molecule has 20 heavy (non-hydrogen) atoms. The monoisotopic (exact) mass is 283 g/mol. The lowest BCUT2D eigenvalue weighted by molar-refractivity contribution is -0.148. The third-order valence-corrected chi connectivity index (χ3v) is 4.61. The van der Waals surface area contributed by atoms with Crippen molar-refractivity contribution in [2.75, 3.05) is 6.54 Å². The van der Waals surface area contributed by atoms with Gasteiger partial charge < -0.3 is 15.1 Å². The average molecular weight is 283 g/mol. The summed E-state index contributed by atoms with van der Waals surface area (Å²) in [5.74, 6) is -0.386. The predicted molar refractivity (Wildman–Crippen MR) is 74.2 cm³/mol. The lowest BCUT2D eigenvalue weighted by Gasteiger charge is -2.23. The predicted octanol–water partition coefficient (Wildman–Crippen LogP) is 1.78. The maximum atomic E-state index is 12.1. The minimum atomic E-state index is -1.01. The highest BCUT2D eigenvalue weighted by molar-refractivity contribution is 5.84. The van der Waals surface area contributed by atoms with Crippen molar-refractivity contribution in [3.05, 3.63) is 0 Å². The Morgan fingerprint density at radius 1 is 1.15 bits per heavy atom. The van der Waals surface area contributed by atoms with Gasteiger partial charge in [0.2, 0.25) is 5.91 Å². The van der Waals surface area contributed by atoms with Crippen molar-refractivity contribution in [3.8, 4) is 0 Å². The highest BCUT2D eigenvalue weighted by Crippen LogP contribution is 2.28. The van der Waals surface area contributed by atoms with Crippen LogP contribution < -0.4 is 0 Å². The second-order valence-corrected chi connectivity index (χ2v) is 6.19. The number of carbonyl (C=O) groups is 2. The third kappa shape index (κ3) is 3.95. The van der Waals surface area contributed by atoms with E-state index in [2.05, 4.69) is 0 Å². The first-order valence-electron chi connectivity index (χ1n) is 7.78. The summed E-state index contributed by atoms with van der Waals surface area (Å²) in [4.78, 5) is 24.5. The second kappa shape index (κ2) is 7.07. The highest BCUT2D eigenvalue weighted by atomic mass is 16.4. The van der Waals surface area contributed by atoms with Crippen molar-refractivity contribution in [2.24, 2.45) is 5.92 Å². The van der Waals surface area contributed by atoms with E-state index in [1.165, 1.54) is 37.0 Å². The van der Waals surface area contributed by atoms with Crippen molar-refractivity contribution < 1.29 is 19.8 Å². The van der Waals surface area contributed by atoms with Crippen LogP contribution in [0.4, 0.5) is 0 Å². The van der Waals surface area contributed by atoms with Crippen molar-refractivity contribution in [1.82, 2.24) is 4.90 Å². The zero-order valence-corrected chi connectivity index (χ0v) is 12.0. The number of carbonyl (C=O) groups excluding carboxylic acids is 1. The lowest BCUT2D eigenvalue weighted by Crippen LogP contribution is -2.40. The molecule has 1 saturated carbocycles. The topological polar surface area (TPSA) is 77.8 Å². The zero-order valence-electron chi connectivity index (χ0n) is 12.0. The van der Waals surface area contributed by atoms with Gasteiger partial charge in [-0.3, -0.25) is 4.79 Å². The van der Waals surface area contributed by atoms with E-state index >= 15 is 0 Å². The summed E-state index contributed by atoms with van der Waals surface area (Å²) in [7, 11) is 0. The summed E-state index contributed by atoms with van der Waals surface area (Å²) in [5.41, 5.74) is 0. The number of amides is 1. The fourth-order valence-electron chi connectivity index (χ4n) is 3.48. The molecule has 0 spiro atoms. The van der Waals surface area contributed by atoms with Crippen LogP contribution >= 0.6 is 0 Å². The molecule has 1 saturated heterocycles. The van der Waals surface area contributed by atoms with Crippen molar-refractivity contribution >= 4 is 11.9 Å². The largest absolute Gasteiger partial charge is 0.480 e. The molecule has 114 valence electrons. The Kier molecular flexibility index (Phi) is 5.40. The minimum Gasteiger partial charge on any atom is -0.480 e. The van der Waals surface area contributed by atoms with E-state index < -0.39 is 18.1 Å². The maximum absolute atomic E-state index is 12.1. The Balaban J connectivity index is 1.74. The maximum Gasteiger partial charge on any atom is 0.326 e. The average Bonchev–Trinajstić information content (AvgIpc) is 2.82. The number of β-amino-alcohol motifs (C(OH)–C–C–N with tert-alkyl or cyclic N) is 1. The van der Waals surface area contributed by atoms with Gasteiger partial charge in [0.15, 0.2) is 0 Å². The van der Waals surface area contributed by atoms with Gasteiger partial charge in [-0.05, 0) is 18.8 Å². The second-order valence-electron chi connectivity index (χ2n) is 6.19. The van der Waals surface area contributed by atoms with Gasteiger partial charge in [-0.1, -0.05) is 32.1 Å². The molecule has 1 aliphatic carbocycles. The van der Waals surface area contributed by atoms with Crippen LogP contribution in [0.15, 0.2) is 0 Å². The molecule has 1 heterocycles. The highest BCUT2D eigenvalue weighted by Gasteiger charge is 2.38. The van der Waals surface area contributed by atoms with Crippen molar-refractivity contribution in [1.29, 1.82) is 0 Å². The summed E-state index contributed by atoms with van der Waals surface area (Å²) in [6.45, 7) is 0.166. The standard InChI is InChI=1S/C15H25NO4/c17-12-9-13(15(19)20)16(10-12)14(18)8-4-7-11-5-2-1-3-6-11/h11-13,17H,1-10H2,(H,19,20)/t12?,13-/m0/s1. The smallest absolute Gasteiger partial charge is 0.326 e. The van der Waals surface area contributed by atoms with Gasteiger partial charge in [0.1, 0.15) is 6.04 Å². The molecule has 1 aliphatic heterocycles. The number of aliphatic carboxylic acids is 1. The van der Waals surface area contributed by atoms with Crippen LogP contribution in [0, 0.1) is 5.92 Å². The summed E-state index contributed by atoms with van der Waals surface area (Å²) in [6.07, 6.45) is 8.26. The van der Waals surface area contributed by atoms with Gasteiger partial charge in [0.05, 0.1) is 6.10 Å². The molecule has 2 N–H and O–H groups in total. The normalized spacial score (nSPS) is 27.8. The number of nitrogens with zero attached hydrogens (tertiary/aromatic N) is 1. The minimum absolute atomic E-state index is 0.121. The Morgan fingerprint density at radius 2 is 1.85 bits per heavy atom. The molecular formula is C15H25NO4. The molecule has 2 rings (SSSR count). The molecule has 1 amide bonds. The molecule has 0 radical (unpaired) electrons. The molecule has 0 aromatic heterocycles. The van der Waals surface area contributed by atoms with Crippen LogP contribution in [-0.2, 0) is 9.59 Å². The summed E-state index contributed by atoms with van der Waals surface area (Å²) in [6, 6.07) is -0.841. The van der Waals surface area contributed by atoms with Gasteiger partial charge in [-0.25, -0.2) is 4.79 Å². The SMILES string of the molecule is O=C(O)[C@@H]1CC(O)CN1C(=O)CCCC1CCCCC1. The molecule has 0 aromatic rings. The Morgan fingerprint density at radius 3 is 2.50 bits per heavy atom. The number of carboxylic acids is 1. The van der Waals surface area contributed by atoms with E-state index in [4.69, 9.17) is 5.11 Å². The summed E-state index contributed by atoms with van der Waals surface area (Å²) >= 11 is 0. The summed E-state index contributed by atoms with van der Waals surface area (Å²) in [5, 5.41) is 18.6. The Bertz CT molecular complexity index is 352. The van der Waals surface area contributed by atoms with Crippen LogP contribution in [0.2, 0.25) is 0 Å². The Hall–Kier alpha value is -1.10. The quantitative estimate of drug-likeness (QED) is 0.806. The van der Waals surface area contributed by atoms with E-state index in [1.54, 1.807) is 0 Å². The molecule has 2 atom stereocenters. The number of aliphatic hydroxyl groups is 1. The van der Waals surface area contributed by atoms with E-state index in [0.717, 1.165) is 18.8 Å².